The normalized spacial score (nSPS) is 14.4. The van der Waals surface area contributed by atoms with E-state index in [0.717, 1.165) is 18.9 Å². The highest BCUT2D eigenvalue weighted by Crippen LogP contribution is 2.33. The Balaban J connectivity index is 1.73. The van der Waals surface area contributed by atoms with Gasteiger partial charge in [-0.05, 0) is 30.9 Å². The monoisotopic (exact) mass is 234 g/mol. The molecular weight excluding hydrogens is 216 g/mol. The molecule has 17 heavy (non-hydrogen) atoms. The number of carbonyl (C=O) groups excluding carboxylic acids is 1. The second-order valence-corrected chi connectivity index (χ2v) is 4.40. The van der Waals surface area contributed by atoms with Gasteiger partial charge in [0.2, 0.25) is 0 Å². The van der Waals surface area contributed by atoms with Gasteiger partial charge in [0.25, 0.3) is 5.91 Å². The highest BCUT2D eigenvalue weighted by Gasteiger charge is 2.20. The fourth-order valence-corrected chi connectivity index (χ4v) is 1.68. The highest BCUT2D eigenvalue weighted by molar-refractivity contribution is 5.92. The maximum atomic E-state index is 11.7. The van der Waals surface area contributed by atoms with Gasteiger partial charge in [0.1, 0.15) is 5.82 Å². The van der Waals surface area contributed by atoms with Gasteiger partial charge in [0, 0.05) is 13.6 Å². The summed E-state index contributed by atoms with van der Waals surface area (Å²) in [6.07, 6.45) is 5.01. The van der Waals surface area contributed by atoms with E-state index in [2.05, 4.69) is 20.8 Å². The summed E-state index contributed by atoms with van der Waals surface area (Å²) in [5.41, 5.74) is 0.371. The lowest BCUT2D eigenvalue weighted by atomic mass is 10.2. The van der Waals surface area contributed by atoms with E-state index in [0.29, 0.717) is 11.5 Å². The summed E-state index contributed by atoms with van der Waals surface area (Å²) in [6, 6.07) is 3.42. The van der Waals surface area contributed by atoms with Crippen LogP contribution in [0.15, 0.2) is 12.1 Å². The average Bonchev–Trinajstić information content (AvgIpc) is 3.18. The number of amides is 1. The van der Waals surface area contributed by atoms with Gasteiger partial charge in [-0.1, -0.05) is 12.8 Å². The molecule has 0 spiro atoms. The Morgan fingerprint density at radius 1 is 1.41 bits per heavy atom. The summed E-state index contributed by atoms with van der Waals surface area (Å²) < 4.78 is 0. The molecule has 0 aromatic carbocycles. The summed E-state index contributed by atoms with van der Waals surface area (Å²) in [5, 5.41) is 13.4. The predicted molar refractivity (Wildman–Crippen MR) is 65.9 cm³/mol. The Hall–Kier alpha value is -1.65. The van der Waals surface area contributed by atoms with Crippen molar-refractivity contribution < 1.29 is 4.79 Å². The third kappa shape index (κ3) is 3.69. The van der Waals surface area contributed by atoms with Gasteiger partial charge in [-0.2, -0.15) is 0 Å². The van der Waals surface area contributed by atoms with Crippen LogP contribution in [-0.2, 0) is 0 Å². The lowest BCUT2D eigenvalue weighted by Crippen LogP contribution is -2.25. The van der Waals surface area contributed by atoms with Crippen LogP contribution in [0.2, 0.25) is 0 Å². The lowest BCUT2D eigenvalue weighted by Gasteiger charge is -2.04. The second kappa shape index (κ2) is 5.61. The van der Waals surface area contributed by atoms with E-state index in [9.17, 15) is 4.79 Å². The van der Waals surface area contributed by atoms with Crippen LogP contribution in [0.3, 0.4) is 0 Å². The molecule has 0 aliphatic heterocycles. The zero-order chi connectivity index (χ0) is 12.1. The zero-order valence-electron chi connectivity index (χ0n) is 10.1. The molecule has 0 saturated heterocycles. The van der Waals surface area contributed by atoms with Gasteiger partial charge in [0.05, 0.1) is 0 Å². The molecule has 1 amide bonds. The van der Waals surface area contributed by atoms with Crippen LogP contribution >= 0.6 is 0 Å². The topological polar surface area (TPSA) is 66.9 Å². The van der Waals surface area contributed by atoms with Crippen LogP contribution in [0.1, 0.15) is 36.2 Å². The Morgan fingerprint density at radius 2 is 2.24 bits per heavy atom. The molecule has 0 radical (unpaired) electrons. The smallest absolute Gasteiger partial charge is 0.271 e. The van der Waals surface area contributed by atoms with Crippen molar-refractivity contribution in [2.24, 2.45) is 5.92 Å². The standard InChI is InChI=1S/C12H18N4O/c1-13-11-7-6-10(15-16-11)12(17)14-8-2-3-9-4-5-9/h6-7,9H,2-5,8H2,1H3,(H,13,16)(H,14,17). The first-order valence-electron chi connectivity index (χ1n) is 6.09. The summed E-state index contributed by atoms with van der Waals surface area (Å²) >= 11 is 0. The van der Waals surface area contributed by atoms with E-state index in [1.807, 2.05) is 0 Å². The molecule has 1 fully saturated rings. The van der Waals surface area contributed by atoms with Crippen LogP contribution in [-0.4, -0.2) is 29.7 Å². The third-order valence-corrected chi connectivity index (χ3v) is 2.92. The quantitative estimate of drug-likeness (QED) is 0.731. The Kier molecular flexibility index (Phi) is 3.90. The van der Waals surface area contributed by atoms with Crippen LogP contribution < -0.4 is 10.6 Å². The number of hydrogen-bond acceptors (Lipinski definition) is 4. The van der Waals surface area contributed by atoms with Crippen LogP contribution in [0, 0.1) is 5.92 Å². The van der Waals surface area contributed by atoms with Gasteiger partial charge >= 0.3 is 0 Å². The molecule has 5 nitrogen and oxygen atoms in total. The van der Waals surface area contributed by atoms with Crippen molar-refractivity contribution in [3.05, 3.63) is 17.8 Å². The maximum Gasteiger partial charge on any atom is 0.271 e. The molecule has 0 unspecified atom stereocenters. The number of hydrogen-bond donors (Lipinski definition) is 2. The van der Waals surface area contributed by atoms with Crippen LogP contribution in [0.4, 0.5) is 5.82 Å². The molecule has 92 valence electrons. The minimum Gasteiger partial charge on any atom is -0.372 e. The predicted octanol–water partition coefficient (Wildman–Crippen LogP) is 1.44. The fourth-order valence-electron chi connectivity index (χ4n) is 1.68. The molecule has 0 bridgehead atoms. The van der Waals surface area contributed by atoms with Crippen molar-refractivity contribution in [3.8, 4) is 0 Å². The summed E-state index contributed by atoms with van der Waals surface area (Å²) in [6.45, 7) is 0.727. The molecule has 1 saturated carbocycles. The molecule has 1 aliphatic carbocycles. The third-order valence-electron chi connectivity index (χ3n) is 2.92. The van der Waals surface area contributed by atoms with Gasteiger partial charge in [-0.15, -0.1) is 10.2 Å². The second-order valence-electron chi connectivity index (χ2n) is 4.40. The number of aromatic nitrogens is 2. The number of anilines is 1. The summed E-state index contributed by atoms with van der Waals surface area (Å²) in [4.78, 5) is 11.7. The van der Waals surface area contributed by atoms with Crippen molar-refractivity contribution in [1.82, 2.24) is 15.5 Å². The summed E-state index contributed by atoms with van der Waals surface area (Å²) in [7, 11) is 1.77. The molecule has 1 aliphatic rings. The van der Waals surface area contributed by atoms with Crippen LogP contribution in [0.5, 0.6) is 0 Å². The molecular formula is C12H18N4O. The molecule has 2 rings (SSSR count). The average molecular weight is 234 g/mol. The Morgan fingerprint density at radius 3 is 2.82 bits per heavy atom. The first kappa shape index (κ1) is 11.8. The van der Waals surface area contributed by atoms with Gasteiger partial charge in [-0.25, -0.2) is 0 Å². The minimum atomic E-state index is -0.143. The van der Waals surface area contributed by atoms with E-state index in [-0.39, 0.29) is 5.91 Å². The first-order valence-corrected chi connectivity index (χ1v) is 6.09. The number of nitrogens with one attached hydrogen (secondary N) is 2. The van der Waals surface area contributed by atoms with E-state index < -0.39 is 0 Å². The van der Waals surface area contributed by atoms with Gasteiger partial charge in [-0.3, -0.25) is 4.79 Å². The van der Waals surface area contributed by atoms with Gasteiger partial charge in [0.15, 0.2) is 5.69 Å². The van der Waals surface area contributed by atoms with Crippen molar-refractivity contribution >= 4 is 11.7 Å². The lowest BCUT2D eigenvalue weighted by molar-refractivity contribution is 0.0947. The molecule has 2 N–H and O–H groups in total. The maximum absolute atomic E-state index is 11.7. The van der Waals surface area contributed by atoms with Crippen molar-refractivity contribution in [1.29, 1.82) is 0 Å². The minimum absolute atomic E-state index is 0.143. The molecule has 5 heteroatoms. The molecule has 1 heterocycles. The number of carbonyl (C=O) groups is 1. The SMILES string of the molecule is CNc1ccc(C(=O)NCCCC2CC2)nn1. The van der Waals surface area contributed by atoms with Crippen molar-refractivity contribution in [3.63, 3.8) is 0 Å². The molecule has 1 aromatic heterocycles. The fraction of sp³-hybridized carbons (Fsp3) is 0.583. The van der Waals surface area contributed by atoms with Crippen molar-refractivity contribution in [2.45, 2.75) is 25.7 Å². The van der Waals surface area contributed by atoms with Crippen molar-refractivity contribution in [2.75, 3.05) is 18.9 Å². The zero-order valence-corrected chi connectivity index (χ0v) is 10.1. The molecule has 1 aromatic rings. The largest absolute Gasteiger partial charge is 0.372 e. The van der Waals surface area contributed by atoms with E-state index in [1.165, 1.54) is 19.3 Å². The van der Waals surface area contributed by atoms with Gasteiger partial charge < -0.3 is 10.6 Å². The first-order chi connectivity index (χ1) is 8.29. The Bertz CT molecular complexity index is 373. The number of rotatable bonds is 6. The summed E-state index contributed by atoms with van der Waals surface area (Å²) in [5.74, 6) is 1.44. The highest BCUT2D eigenvalue weighted by atomic mass is 16.1. The van der Waals surface area contributed by atoms with Crippen LogP contribution in [0.25, 0.3) is 0 Å². The van der Waals surface area contributed by atoms with E-state index >= 15 is 0 Å². The number of nitrogens with zero attached hydrogens (tertiary/aromatic N) is 2. The Labute approximate surface area is 101 Å². The van der Waals surface area contributed by atoms with E-state index in [1.54, 1.807) is 19.2 Å². The van der Waals surface area contributed by atoms with E-state index in [4.69, 9.17) is 0 Å². The molecule has 0 atom stereocenters.